The van der Waals surface area contributed by atoms with Crippen molar-refractivity contribution < 1.29 is 14.6 Å². The molecule has 0 aliphatic carbocycles. The van der Waals surface area contributed by atoms with E-state index in [9.17, 15) is 5.11 Å². The van der Waals surface area contributed by atoms with Crippen LogP contribution in [0.1, 0.15) is 27.2 Å². The second-order valence-electron chi connectivity index (χ2n) is 3.81. The zero-order valence-electron chi connectivity index (χ0n) is 10.2. The molecule has 0 aromatic heterocycles. The van der Waals surface area contributed by atoms with Crippen molar-refractivity contribution in [1.29, 1.82) is 0 Å². The average Bonchev–Trinajstić information content (AvgIpc) is 2.24. The van der Waals surface area contributed by atoms with Crippen LogP contribution in [0, 0.1) is 0 Å². The van der Waals surface area contributed by atoms with E-state index in [-0.39, 0.29) is 12.1 Å². The topological polar surface area (TPSA) is 50.7 Å². The van der Waals surface area contributed by atoms with Gasteiger partial charge in [-0.1, -0.05) is 6.92 Å². The van der Waals surface area contributed by atoms with Gasteiger partial charge in [-0.2, -0.15) is 0 Å². The first-order valence-electron chi connectivity index (χ1n) is 5.70. The van der Waals surface area contributed by atoms with Gasteiger partial charge in [-0.3, -0.25) is 0 Å². The summed E-state index contributed by atoms with van der Waals surface area (Å²) in [6.45, 7) is 9.65. The first kappa shape index (κ1) is 14.8. The molecule has 0 radical (unpaired) electrons. The molecule has 0 saturated heterocycles. The molecule has 1 unspecified atom stereocenters. The van der Waals surface area contributed by atoms with Crippen molar-refractivity contribution in [3.05, 3.63) is 0 Å². The quantitative estimate of drug-likeness (QED) is 0.533. The SMILES string of the molecule is CCNC(C)(CO)CCOCCOCC. The van der Waals surface area contributed by atoms with Gasteiger partial charge in [0.05, 0.1) is 19.8 Å². The monoisotopic (exact) mass is 219 g/mol. The van der Waals surface area contributed by atoms with Gasteiger partial charge in [0.15, 0.2) is 0 Å². The maximum Gasteiger partial charge on any atom is 0.0700 e. The van der Waals surface area contributed by atoms with Gasteiger partial charge in [0, 0.05) is 18.8 Å². The first-order valence-corrected chi connectivity index (χ1v) is 5.70. The van der Waals surface area contributed by atoms with E-state index in [4.69, 9.17) is 9.47 Å². The van der Waals surface area contributed by atoms with Crippen LogP contribution in [-0.4, -0.2) is 50.2 Å². The third-order valence-corrected chi connectivity index (χ3v) is 2.33. The number of aliphatic hydroxyl groups excluding tert-OH is 1. The van der Waals surface area contributed by atoms with Crippen LogP contribution >= 0.6 is 0 Å². The lowest BCUT2D eigenvalue weighted by Crippen LogP contribution is -2.46. The summed E-state index contributed by atoms with van der Waals surface area (Å²) < 4.78 is 10.6. The molecule has 1 atom stereocenters. The highest BCUT2D eigenvalue weighted by molar-refractivity contribution is 4.81. The van der Waals surface area contributed by atoms with Gasteiger partial charge in [0.1, 0.15) is 0 Å². The zero-order valence-corrected chi connectivity index (χ0v) is 10.2. The van der Waals surface area contributed by atoms with E-state index in [1.54, 1.807) is 0 Å². The van der Waals surface area contributed by atoms with E-state index >= 15 is 0 Å². The van der Waals surface area contributed by atoms with Crippen molar-refractivity contribution in [2.75, 3.05) is 39.6 Å². The maximum atomic E-state index is 9.21. The Hall–Kier alpha value is -0.160. The molecule has 0 aromatic carbocycles. The number of rotatable bonds is 10. The lowest BCUT2D eigenvalue weighted by molar-refractivity contribution is 0.0382. The van der Waals surface area contributed by atoms with Crippen molar-refractivity contribution in [3.8, 4) is 0 Å². The van der Waals surface area contributed by atoms with Crippen molar-refractivity contribution in [1.82, 2.24) is 5.32 Å². The molecule has 0 amide bonds. The van der Waals surface area contributed by atoms with Gasteiger partial charge in [-0.05, 0) is 26.8 Å². The highest BCUT2D eigenvalue weighted by atomic mass is 16.5. The van der Waals surface area contributed by atoms with E-state index in [1.165, 1.54) is 0 Å². The molecule has 4 nitrogen and oxygen atoms in total. The predicted octanol–water partition coefficient (Wildman–Crippen LogP) is 0.790. The highest BCUT2D eigenvalue weighted by Crippen LogP contribution is 2.08. The Morgan fingerprint density at radius 2 is 1.80 bits per heavy atom. The van der Waals surface area contributed by atoms with Crippen LogP contribution in [0.2, 0.25) is 0 Å². The fourth-order valence-corrected chi connectivity index (χ4v) is 1.31. The van der Waals surface area contributed by atoms with Crippen molar-refractivity contribution in [2.24, 2.45) is 0 Å². The molecule has 0 aliphatic heterocycles. The zero-order chi connectivity index (χ0) is 11.6. The average molecular weight is 219 g/mol. The standard InChI is InChI=1S/C11H25NO3/c1-4-12-11(3,10-13)6-7-15-9-8-14-5-2/h12-13H,4-10H2,1-3H3. The Kier molecular flexibility index (Phi) is 9.00. The molecule has 2 N–H and O–H groups in total. The predicted molar refractivity (Wildman–Crippen MR) is 61.1 cm³/mol. The van der Waals surface area contributed by atoms with Gasteiger partial charge in [0.2, 0.25) is 0 Å². The van der Waals surface area contributed by atoms with E-state index in [0.717, 1.165) is 19.6 Å². The number of aliphatic hydroxyl groups is 1. The van der Waals surface area contributed by atoms with Crippen LogP contribution in [0.25, 0.3) is 0 Å². The first-order chi connectivity index (χ1) is 7.18. The summed E-state index contributed by atoms with van der Waals surface area (Å²) in [5.74, 6) is 0. The van der Waals surface area contributed by atoms with Gasteiger partial charge in [-0.25, -0.2) is 0 Å². The van der Waals surface area contributed by atoms with E-state index in [1.807, 2.05) is 20.8 Å². The second-order valence-corrected chi connectivity index (χ2v) is 3.81. The third kappa shape index (κ3) is 7.73. The van der Waals surface area contributed by atoms with Crippen molar-refractivity contribution >= 4 is 0 Å². The molecule has 4 heteroatoms. The number of ether oxygens (including phenoxy) is 2. The Labute approximate surface area is 93.0 Å². The number of likely N-dealkylation sites (N-methyl/N-ethyl adjacent to an activating group) is 1. The second kappa shape index (κ2) is 9.09. The number of hydrogen-bond acceptors (Lipinski definition) is 4. The minimum atomic E-state index is -0.222. The van der Waals surface area contributed by atoms with Gasteiger partial charge in [-0.15, -0.1) is 0 Å². The smallest absolute Gasteiger partial charge is 0.0700 e. The van der Waals surface area contributed by atoms with Crippen molar-refractivity contribution in [3.63, 3.8) is 0 Å². The molecular weight excluding hydrogens is 194 g/mol. The molecule has 0 bridgehead atoms. The summed E-state index contributed by atoms with van der Waals surface area (Å²) in [6, 6.07) is 0. The summed E-state index contributed by atoms with van der Waals surface area (Å²) in [5, 5.41) is 12.5. The summed E-state index contributed by atoms with van der Waals surface area (Å²) >= 11 is 0. The molecular formula is C11H25NO3. The number of nitrogens with one attached hydrogen (secondary N) is 1. The summed E-state index contributed by atoms with van der Waals surface area (Å²) in [4.78, 5) is 0. The Bertz CT molecular complexity index is 144. The molecule has 0 aliphatic rings. The van der Waals surface area contributed by atoms with Crippen LogP contribution in [0.15, 0.2) is 0 Å². The van der Waals surface area contributed by atoms with Crippen LogP contribution in [0.5, 0.6) is 0 Å². The Balaban J connectivity index is 3.46. The molecule has 15 heavy (non-hydrogen) atoms. The van der Waals surface area contributed by atoms with E-state index in [0.29, 0.717) is 19.8 Å². The molecule has 0 aromatic rings. The molecule has 0 saturated carbocycles. The lowest BCUT2D eigenvalue weighted by atomic mass is 10.00. The maximum absolute atomic E-state index is 9.21. The lowest BCUT2D eigenvalue weighted by Gasteiger charge is -2.28. The molecule has 0 fully saturated rings. The Morgan fingerprint density at radius 1 is 1.13 bits per heavy atom. The van der Waals surface area contributed by atoms with Gasteiger partial charge < -0.3 is 19.9 Å². The van der Waals surface area contributed by atoms with Crippen LogP contribution in [0.4, 0.5) is 0 Å². The van der Waals surface area contributed by atoms with Crippen molar-refractivity contribution in [2.45, 2.75) is 32.7 Å². The fourth-order valence-electron chi connectivity index (χ4n) is 1.31. The third-order valence-electron chi connectivity index (χ3n) is 2.33. The fraction of sp³-hybridized carbons (Fsp3) is 1.00. The van der Waals surface area contributed by atoms with Gasteiger partial charge in [0.25, 0.3) is 0 Å². The largest absolute Gasteiger partial charge is 0.394 e. The van der Waals surface area contributed by atoms with E-state index < -0.39 is 0 Å². The highest BCUT2D eigenvalue weighted by Gasteiger charge is 2.20. The minimum absolute atomic E-state index is 0.135. The van der Waals surface area contributed by atoms with Crippen LogP contribution in [0.3, 0.4) is 0 Å². The minimum Gasteiger partial charge on any atom is -0.394 e. The Morgan fingerprint density at radius 3 is 2.33 bits per heavy atom. The summed E-state index contributed by atoms with van der Waals surface area (Å²) in [7, 11) is 0. The molecule has 0 spiro atoms. The number of hydrogen-bond donors (Lipinski definition) is 2. The van der Waals surface area contributed by atoms with Crippen LogP contribution < -0.4 is 5.32 Å². The summed E-state index contributed by atoms with van der Waals surface area (Å²) in [6.07, 6.45) is 0.809. The molecule has 0 heterocycles. The normalized spacial score (nSPS) is 15.2. The van der Waals surface area contributed by atoms with Gasteiger partial charge >= 0.3 is 0 Å². The molecule has 92 valence electrons. The molecule has 0 rings (SSSR count). The van der Waals surface area contributed by atoms with Crippen LogP contribution in [-0.2, 0) is 9.47 Å². The van der Waals surface area contributed by atoms with E-state index in [2.05, 4.69) is 5.32 Å². The summed E-state index contributed by atoms with van der Waals surface area (Å²) in [5.41, 5.74) is -0.222.